The van der Waals surface area contributed by atoms with Gasteiger partial charge in [-0.25, -0.2) is 9.37 Å². The van der Waals surface area contributed by atoms with Crippen LogP contribution in [-0.2, 0) is 0 Å². The smallest absolute Gasteiger partial charge is 0.131 e. The van der Waals surface area contributed by atoms with Crippen molar-refractivity contribution in [3.8, 4) is 0 Å². The van der Waals surface area contributed by atoms with E-state index in [0.717, 1.165) is 30.9 Å². The van der Waals surface area contributed by atoms with E-state index in [9.17, 15) is 4.39 Å². The predicted octanol–water partition coefficient (Wildman–Crippen LogP) is 4.34. The molecule has 0 aliphatic carbocycles. The van der Waals surface area contributed by atoms with E-state index < -0.39 is 0 Å². The largest absolute Gasteiger partial charge is 0.356 e. The molecule has 1 aromatic heterocycles. The van der Waals surface area contributed by atoms with Gasteiger partial charge in [0, 0.05) is 25.2 Å². The Kier molecular flexibility index (Phi) is 3.91. The van der Waals surface area contributed by atoms with Gasteiger partial charge < -0.3 is 4.90 Å². The Hall–Kier alpha value is -1.90. The van der Waals surface area contributed by atoms with Crippen molar-refractivity contribution in [2.24, 2.45) is 0 Å². The number of anilines is 1. The minimum Gasteiger partial charge on any atom is -0.356 e. The van der Waals surface area contributed by atoms with E-state index in [-0.39, 0.29) is 11.7 Å². The second-order valence-electron chi connectivity index (χ2n) is 6.02. The van der Waals surface area contributed by atoms with Gasteiger partial charge in [-0.3, -0.25) is 0 Å². The molecule has 0 saturated carbocycles. The topological polar surface area (TPSA) is 16.1 Å². The number of aromatic nitrogens is 1. The van der Waals surface area contributed by atoms with Crippen molar-refractivity contribution in [2.45, 2.75) is 32.1 Å². The second-order valence-corrected chi connectivity index (χ2v) is 6.02. The number of rotatable bonds is 3. The average molecular weight is 284 g/mol. The van der Waals surface area contributed by atoms with Crippen LogP contribution in [0.5, 0.6) is 0 Å². The molecule has 0 spiro atoms. The molecule has 2 aromatic rings. The zero-order valence-corrected chi connectivity index (χ0v) is 12.6. The highest BCUT2D eigenvalue weighted by Crippen LogP contribution is 2.34. The third-order valence-electron chi connectivity index (χ3n) is 4.27. The molecule has 0 radical (unpaired) electrons. The third-order valence-corrected chi connectivity index (χ3v) is 4.27. The van der Waals surface area contributed by atoms with Gasteiger partial charge in [0.1, 0.15) is 11.6 Å². The summed E-state index contributed by atoms with van der Waals surface area (Å²) in [7, 11) is 0. The molecular weight excluding hydrogens is 263 g/mol. The van der Waals surface area contributed by atoms with Crippen LogP contribution in [0.4, 0.5) is 10.2 Å². The van der Waals surface area contributed by atoms with Crippen molar-refractivity contribution >= 4 is 5.82 Å². The maximum atomic E-state index is 13.9. The summed E-state index contributed by atoms with van der Waals surface area (Å²) in [5.74, 6) is 1.68. The molecule has 2 nitrogen and oxygen atoms in total. The molecule has 1 aliphatic rings. The lowest BCUT2D eigenvalue weighted by molar-refractivity contribution is 0.589. The first-order valence-electron chi connectivity index (χ1n) is 7.61. The fraction of sp³-hybridized carbons (Fsp3) is 0.389. The van der Waals surface area contributed by atoms with Crippen LogP contribution in [0, 0.1) is 5.82 Å². The molecule has 1 aliphatic heterocycles. The third kappa shape index (κ3) is 2.78. The summed E-state index contributed by atoms with van der Waals surface area (Å²) < 4.78 is 13.9. The number of pyridine rings is 1. The molecule has 1 unspecified atom stereocenters. The van der Waals surface area contributed by atoms with E-state index in [4.69, 9.17) is 0 Å². The van der Waals surface area contributed by atoms with E-state index in [2.05, 4.69) is 29.8 Å². The molecule has 3 heteroatoms. The second kappa shape index (κ2) is 5.84. The molecule has 0 bridgehead atoms. The van der Waals surface area contributed by atoms with Crippen LogP contribution in [-0.4, -0.2) is 18.1 Å². The highest BCUT2D eigenvalue weighted by molar-refractivity contribution is 5.50. The minimum atomic E-state index is -0.0885. The van der Waals surface area contributed by atoms with Crippen LogP contribution in [0.3, 0.4) is 0 Å². The molecule has 0 amide bonds. The van der Waals surface area contributed by atoms with Crippen molar-refractivity contribution in [1.82, 2.24) is 4.98 Å². The Morgan fingerprint density at radius 3 is 2.76 bits per heavy atom. The minimum absolute atomic E-state index is 0.0885. The van der Waals surface area contributed by atoms with E-state index >= 15 is 0 Å². The quantitative estimate of drug-likeness (QED) is 0.833. The molecular formula is C18H21FN2. The van der Waals surface area contributed by atoms with Crippen LogP contribution in [0.15, 0.2) is 42.6 Å². The molecule has 1 aromatic carbocycles. The van der Waals surface area contributed by atoms with Crippen LogP contribution >= 0.6 is 0 Å². The molecule has 3 rings (SSSR count). The van der Waals surface area contributed by atoms with Gasteiger partial charge in [0.25, 0.3) is 0 Å². The summed E-state index contributed by atoms with van der Waals surface area (Å²) in [5, 5.41) is 0. The summed E-state index contributed by atoms with van der Waals surface area (Å²) in [6, 6.07) is 11.3. The SMILES string of the molecule is CC(C)c1cccnc1N1CCC(c2ccccc2F)C1. The number of hydrogen-bond acceptors (Lipinski definition) is 2. The maximum Gasteiger partial charge on any atom is 0.131 e. The fourth-order valence-electron chi connectivity index (χ4n) is 3.14. The van der Waals surface area contributed by atoms with Gasteiger partial charge in [-0.1, -0.05) is 38.1 Å². The number of hydrogen-bond donors (Lipinski definition) is 0. The number of halogens is 1. The van der Waals surface area contributed by atoms with Gasteiger partial charge in [0.15, 0.2) is 0 Å². The molecule has 1 fully saturated rings. The van der Waals surface area contributed by atoms with Gasteiger partial charge in [0.2, 0.25) is 0 Å². The van der Waals surface area contributed by atoms with E-state index in [0.29, 0.717) is 5.92 Å². The maximum absolute atomic E-state index is 13.9. The Balaban J connectivity index is 1.84. The summed E-state index contributed by atoms with van der Waals surface area (Å²) in [6.07, 6.45) is 2.83. The molecule has 21 heavy (non-hydrogen) atoms. The van der Waals surface area contributed by atoms with E-state index in [1.165, 1.54) is 5.56 Å². The highest BCUT2D eigenvalue weighted by Gasteiger charge is 2.28. The summed E-state index contributed by atoms with van der Waals surface area (Å²) in [6.45, 7) is 6.16. The van der Waals surface area contributed by atoms with Gasteiger partial charge in [-0.15, -0.1) is 0 Å². The van der Waals surface area contributed by atoms with Crippen molar-refractivity contribution < 1.29 is 4.39 Å². The summed E-state index contributed by atoms with van der Waals surface area (Å²) in [5.41, 5.74) is 2.11. The highest BCUT2D eigenvalue weighted by atomic mass is 19.1. The molecule has 1 saturated heterocycles. The van der Waals surface area contributed by atoms with Crippen molar-refractivity contribution in [3.63, 3.8) is 0 Å². The summed E-state index contributed by atoms with van der Waals surface area (Å²) in [4.78, 5) is 6.86. The summed E-state index contributed by atoms with van der Waals surface area (Å²) >= 11 is 0. The Bertz CT molecular complexity index is 624. The first-order chi connectivity index (χ1) is 10.2. The zero-order chi connectivity index (χ0) is 14.8. The lowest BCUT2D eigenvalue weighted by atomic mass is 9.98. The van der Waals surface area contributed by atoms with Crippen molar-refractivity contribution in [1.29, 1.82) is 0 Å². The Morgan fingerprint density at radius 1 is 1.19 bits per heavy atom. The first-order valence-corrected chi connectivity index (χ1v) is 7.61. The van der Waals surface area contributed by atoms with Crippen LogP contribution < -0.4 is 4.90 Å². The van der Waals surface area contributed by atoms with Crippen LogP contribution in [0.2, 0.25) is 0 Å². The van der Waals surface area contributed by atoms with Crippen molar-refractivity contribution in [2.75, 3.05) is 18.0 Å². The van der Waals surface area contributed by atoms with Crippen LogP contribution in [0.1, 0.15) is 43.2 Å². The molecule has 1 atom stereocenters. The monoisotopic (exact) mass is 284 g/mol. The van der Waals surface area contributed by atoms with Gasteiger partial charge in [0.05, 0.1) is 0 Å². The standard InChI is InChI=1S/C18H21FN2/c1-13(2)15-7-5-10-20-18(15)21-11-9-14(12-21)16-6-3-4-8-17(16)19/h3-8,10,13-14H,9,11-12H2,1-2H3. The zero-order valence-electron chi connectivity index (χ0n) is 12.6. The lowest BCUT2D eigenvalue weighted by Crippen LogP contribution is -2.22. The molecule has 0 N–H and O–H groups in total. The fourth-order valence-corrected chi connectivity index (χ4v) is 3.14. The van der Waals surface area contributed by atoms with Crippen molar-refractivity contribution in [3.05, 3.63) is 59.5 Å². The van der Waals surface area contributed by atoms with E-state index in [1.54, 1.807) is 12.1 Å². The van der Waals surface area contributed by atoms with Gasteiger partial charge >= 0.3 is 0 Å². The van der Waals surface area contributed by atoms with Gasteiger partial charge in [-0.2, -0.15) is 0 Å². The van der Waals surface area contributed by atoms with Gasteiger partial charge in [-0.05, 0) is 35.6 Å². The lowest BCUT2D eigenvalue weighted by Gasteiger charge is -2.22. The Labute approximate surface area is 125 Å². The molecule has 110 valence electrons. The molecule has 2 heterocycles. The first kappa shape index (κ1) is 14.1. The van der Waals surface area contributed by atoms with E-state index in [1.807, 2.05) is 24.4 Å². The Morgan fingerprint density at radius 2 is 2.00 bits per heavy atom. The van der Waals surface area contributed by atoms with Crippen LogP contribution in [0.25, 0.3) is 0 Å². The predicted molar refractivity (Wildman–Crippen MR) is 84.3 cm³/mol. The average Bonchev–Trinajstić information content (AvgIpc) is 2.97. The number of nitrogens with zero attached hydrogens (tertiary/aromatic N) is 2. The number of benzene rings is 1. The normalized spacial score (nSPS) is 18.5.